The summed E-state index contributed by atoms with van der Waals surface area (Å²) in [6, 6.07) is 2.08. The van der Waals surface area contributed by atoms with Crippen LogP contribution in [0.5, 0.6) is 0 Å². The molecule has 1 aromatic heterocycles. The highest BCUT2D eigenvalue weighted by atomic mass is 16.2. The van der Waals surface area contributed by atoms with Crippen molar-refractivity contribution in [1.82, 2.24) is 15.2 Å². The van der Waals surface area contributed by atoms with Crippen molar-refractivity contribution in [1.29, 1.82) is 0 Å². The second kappa shape index (κ2) is 5.12. The molecule has 1 aliphatic carbocycles. The summed E-state index contributed by atoms with van der Waals surface area (Å²) in [5.74, 6) is -0.269. The molecule has 0 saturated heterocycles. The first-order chi connectivity index (χ1) is 8.61. The molecule has 0 unspecified atom stereocenters. The van der Waals surface area contributed by atoms with Gasteiger partial charge in [-0.1, -0.05) is 0 Å². The summed E-state index contributed by atoms with van der Waals surface area (Å²) in [4.78, 5) is 23.0. The number of hydrogen-bond acceptors (Lipinski definition) is 3. The summed E-state index contributed by atoms with van der Waals surface area (Å²) < 4.78 is 1.92. The average molecular weight is 250 g/mol. The van der Waals surface area contributed by atoms with E-state index >= 15 is 0 Å². The molecule has 0 aromatic carbocycles. The molecule has 0 atom stereocenters. The highest BCUT2D eigenvalue weighted by Crippen LogP contribution is 2.37. The van der Waals surface area contributed by atoms with Crippen LogP contribution in [-0.4, -0.2) is 30.0 Å². The molecule has 1 aliphatic rings. The van der Waals surface area contributed by atoms with Crippen LogP contribution in [-0.2, 0) is 4.79 Å². The lowest BCUT2D eigenvalue weighted by Gasteiger charge is -2.08. The Morgan fingerprint density at radius 3 is 2.83 bits per heavy atom. The Bertz CT molecular complexity index is 463. The van der Waals surface area contributed by atoms with Crippen LogP contribution in [0.3, 0.4) is 0 Å². The molecule has 0 aliphatic heterocycles. The molecule has 6 heteroatoms. The minimum absolute atomic E-state index is 0.0904. The van der Waals surface area contributed by atoms with Crippen LogP contribution in [0.4, 0.5) is 5.69 Å². The molecule has 0 bridgehead atoms. The Labute approximate surface area is 106 Å². The number of nitrogens with one attached hydrogen (secondary N) is 2. The Balaban J connectivity index is 1.94. The third-order valence-electron chi connectivity index (χ3n) is 2.96. The standard InChI is InChI=1S/C12H18N4O2/c1-14-11(17)4-5-15-12(18)10-6-8(13)7-16(10)9-2-3-9/h6-7,9H,2-5,13H2,1H3,(H,14,17)(H,15,18). The third kappa shape index (κ3) is 2.82. The number of carbonyl (C=O) groups is 2. The van der Waals surface area contributed by atoms with Gasteiger partial charge in [-0.25, -0.2) is 0 Å². The molecule has 98 valence electrons. The lowest BCUT2D eigenvalue weighted by atomic mass is 10.3. The number of anilines is 1. The number of rotatable bonds is 5. The van der Waals surface area contributed by atoms with Gasteiger partial charge in [0.05, 0.1) is 5.69 Å². The molecule has 6 nitrogen and oxygen atoms in total. The topological polar surface area (TPSA) is 89.2 Å². The van der Waals surface area contributed by atoms with Gasteiger partial charge in [0.2, 0.25) is 5.91 Å². The van der Waals surface area contributed by atoms with Gasteiger partial charge in [0, 0.05) is 32.3 Å². The second-order valence-electron chi connectivity index (χ2n) is 4.48. The first-order valence-corrected chi connectivity index (χ1v) is 6.08. The quantitative estimate of drug-likeness (QED) is 0.700. The highest BCUT2D eigenvalue weighted by molar-refractivity contribution is 5.94. The molecule has 4 N–H and O–H groups in total. The predicted octanol–water partition coefficient (Wildman–Crippen LogP) is 0.271. The lowest BCUT2D eigenvalue weighted by molar-refractivity contribution is -0.120. The Kier molecular flexibility index (Phi) is 3.55. The van der Waals surface area contributed by atoms with Crippen molar-refractivity contribution >= 4 is 17.5 Å². The molecule has 1 saturated carbocycles. The van der Waals surface area contributed by atoms with Crippen molar-refractivity contribution in [2.24, 2.45) is 0 Å². The minimum atomic E-state index is -0.178. The van der Waals surface area contributed by atoms with E-state index < -0.39 is 0 Å². The number of amides is 2. The van der Waals surface area contributed by atoms with E-state index in [1.807, 2.05) is 4.57 Å². The second-order valence-corrected chi connectivity index (χ2v) is 4.48. The third-order valence-corrected chi connectivity index (χ3v) is 2.96. The van der Waals surface area contributed by atoms with E-state index in [0.717, 1.165) is 12.8 Å². The summed E-state index contributed by atoms with van der Waals surface area (Å²) in [7, 11) is 1.57. The summed E-state index contributed by atoms with van der Waals surface area (Å²) in [6.45, 7) is 0.328. The Hall–Kier alpha value is -1.98. The molecule has 0 radical (unpaired) electrons. The molecule has 1 aromatic rings. The first kappa shape index (κ1) is 12.5. The molecule has 2 rings (SSSR count). The number of aromatic nitrogens is 1. The van der Waals surface area contributed by atoms with Gasteiger partial charge in [-0.05, 0) is 18.9 Å². The normalized spacial score (nSPS) is 14.3. The van der Waals surface area contributed by atoms with Crippen LogP contribution in [0.25, 0.3) is 0 Å². The van der Waals surface area contributed by atoms with Crippen molar-refractivity contribution in [3.63, 3.8) is 0 Å². The Morgan fingerprint density at radius 2 is 2.22 bits per heavy atom. The number of nitrogens with two attached hydrogens (primary N) is 1. The van der Waals surface area contributed by atoms with Gasteiger partial charge in [-0.15, -0.1) is 0 Å². The molecule has 1 heterocycles. The van der Waals surface area contributed by atoms with E-state index in [4.69, 9.17) is 5.73 Å². The lowest BCUT2D eigenvalue weighted by Crippen LogP contribution is -2.30. The van der Waals surface area contributed by atoms with Crippen LogP contribution in [0.15, 0.2) is 12.3 Å². The van der Waals surface area contributed by atoms with Crippen molar-refractivity contribution in [2.75, 3.05) is 19.3 Å². The van der Waals surface area contributed by atoms with E-state index in [0.29, 0.717) is 24.0 Å². The zero-order valence-electron chi connectivity index (χ0n) is 10.4. The minimum Gasteiger partial charge on any atom is -0.397 e. The van der Waals surface area contributed by atoms with Gasteiger partial charge >= 0.3 is 0 Å². The maximum atomic E-state index is 12.0. The highest BCUT2D eigenvalue weighted by Gasteiger charge is 2.27. The van der Waals surface area contributed by atoms with E-state index in [-0.39, 0.29) is 18.2 Å². The van der Waals surface area contributed by atoms with Crippen LogP contribution >= 0.6 is 0 Å². The molecule has 2 amide bonds. The van der Waals surface area contributed by atoms with Crippen LogP contribution in [0, 0.1) is 0 Å². The largest absolute Gasteiger partial charge is 0.397 e. The fourth-order valence-corrected chi connectivity index (χ4v) is 1.84. The zero-order chi connectivity index (χ0) is 13.1. The van der Waals surface area contributed by atoms with E-state index in [1.165, 1.54) is 0 Å². The van der Waals surface area contributed by atoms with Gasteiger partial charge in [-0.3, -0.25) is 9.59 Å². The van der Waals surface area contributed by atoms with Gasteiger partial charge in [-0.2, -0.15) is 0 Å². The zero-order valence-corrected chi connectivity index (χ0v) is 10.4. The van der Waals surface area contributed by atoms with E-state index in [2.05, 4.69) is 10.6 Å². The van der Waals surface area contributed by atoms with Crippen molar-refractivity contribution in [3.8, 4) is 0 Å². The van der Waals surface area contributed by atoms with Crippen molar-refractivity contribution < 1.29 is 9.59 Å². The fourth-order valence-electron chi connectivity index (χ4n) is 1.84. The van der Waals surface area contributed by atoms with Gasteiger partial charge < -0.3 is 20.9 Å². The molecule has 0 spiro atoms. The van der Waals surface area contributed by atoms with Crippen molar-refractivity contribution in [2.45, 2.75) is 25.3 Å². The van der Waals surface area contributed by atoms with E-state index in [9.17, 15) is 9.59 Å². The summed E-state index contributed by atoms with van der Waals surface area (Å²) >= 11 is 0. The smallest absolute Gasteiger partial charge is 0.268 e. The molecular formula is C12H18N4O2. The van der Waals surface area contributed by atoms with Crippen molar-refractivity contribution in [3.05, 3.63) is 18.0 Å². The maximum Gasteiger partial charge on any atom is 0.268 e. The van der Waals surface area contributed by atoms with Gasteiger partial charge in [0.15, 0.2) is 0 Å². The number of hydrogen-bond donors (Lipinski definition) is 3. The van der Waals surface area contributed by atoms with E-state index in [1.54, 1.807) is 19.3 Å². The first-order valence-electron chi connectivity index (χ1n) is 6.08. The number of nitrogens with zero attached hydrogens (tertiary/aromatic N) is 1. The van der Waals surface area contributed by atoms with Gasteiger partial charge in [0.1, 0.15) is 5.69 Å². The monoisotopic (exact) mass is 250 g/mol. The SMILES string of the molecule is CNC(=O)CCNC(=O)c1cc(N)cn1C1CC1. The Morgan fingerprint density at radius 1 is 1.50 bits per heavy atom. The molecule has 1 fully saturated rings. The predicted molar refractivity (Wildman–Crippen MR) is 68.1 cm³/mol. The maximum absolute atomic E-state index is 12.0. The summed E-state index contributed by atoms with van der Waals surface area (Å²) in [6.07, 6.45) is 4.26. The van der Waals surface area contributed by atoms with Gasteiger partial charge in [0.25, 0.3) is 5.91 Å². The fraction of sp³-hybridized carbons (Fsp3) is 0.500. The number of carbonyl (C=O) groups excluding carboxylic acids is 2. The summed E-state index contributed by atoms with van der Waals surface area (Å²) in [5.41, 5.74) is 6.89. The van der Waals surface area contributed by atoms with Crippen LogP contribution < -0.4 is 16.4 Å². The van der Waals surface area contributed by atoms with Crippen LogP contribution in [0.2, 0.25) is 0 Å². The number of nitrogen functional groups attached to an aromatic ring is 1. The molecule has 18 heavy (non-hydrogen) atoms. The van der Waals surface area contributed by atoms with Crippen LogP contribution in [0.1, 0.15) is 35.8 Å². The average Bonchev–Trinajstić information content (AvgIpc) is 3.12. The molecular weight excluding hydrogens is 232 g/mol. The summed E-state index contributed by atoms with van der Waals surface area (Å²) in [5, 5.41) is 5.23.